The van der Waals surface area contributed by atoms with Crippen LogP contribution >= 0.6 is 11.3 Å². The zero-order valence-corrected chi connectivity index (χ0v) is 16.9. The molecule has 2 aromatic carbocycles. The number of esters is 1. The molecule has 6 heteroatoms. The Hall–Kier alpha value is -2.73. The second-order valence-corrected chi connectivity index (χ2v) is 7.72. The Balaban J connectivity index is 2.21. The molecule has 0 unspecified atom stereocenters. The Morgan fingerprint density at radius 2 is 1.74 bits per heavy atom. The zero-order chi connectivity index (χ0) is 19.7. The van der Waals surface area contributed by atoms with Crippen LogP contribution in [0.5, 0.6) is 0 Å². The van der Waals surface area contributed by atoms with Gasteiger partial charge in [-0.2, -0.15) is 4.99 Å². The number of benzene rings is 2. The van der Waals surface area contributed by atoms with E-state index in [1.54, 1.807) is 10.6 Å². The monoisotopic (exact) mass is 382 g/mol. The third kappa shape index (κ3) is 3.85. The van der Waals surface area contributed by atoms with Crippen molar-refractivity contribution in [1.29, 1.82) is 0 Å². The first-order valence-electron chi connectivity index (χ1n) is 8.64. The van der Waals surface area contributed by atoms with Crippen molar-refractivity contribution >= 4 is 33.4 Å². The Labute approximate surface area is 161 Å². The number of hydrogen-bond acceptors (Lipinski definition) is 4. The minimum Gasteiger partial charge on any atom is -0.468 e. The largest absolute Gasteiger partial charge is 0.468 e. The fraction of sp³-hybridized carbons (Fsp3) is 0.286. The summed E-state index contributed by atoms with van der Waals surface area (Å²) in [5.41, 5.74) is 5.61. The summed E-state index contributed by atoms with van der Waals surface area (Å²) in [6.07, 6.45) is 0. The van der Waals surface area contributed by atoms with Crippen molar-refractivity contribution in [3.05, 3.63) is 63.0 Å². The predicted octanol–water partition coefficient (Wildman–Crippen LogP) is 3.85. The van der Waals surface area contributed by atoms with Gasteiger partial charge < -0.3 is 9.30 Å². The van der Waals surface area contributed by atoms with Crippen molar-refractivity contribution < 1.29 is 14.3 Å². The number of aromatic nitrogens is 1. The lowest BCUT2D eigenvalue weighted by Gasteiger charge is -2.07. The van der Waals surface area contributed by atoms with Crippen molar-refractivity contribution in [3.8, 4) is 0 Å². The summed E-state index contributed by atoms with van der Waals surface area (Å²) in [4.78, 5) is 29.6. The molecule has 0 saturated heterocycles. The van der Waals surface area contributed by atoms with Gasteiger partial charge >= 0.3 is 5.97 Å². The molecule has 0 bridgehead atoms. The highest BCUT2D eigenvalue weighted by molar-refractivity contribution is 7.16. The van der Waals surface area contributed by atoms with Crippen molar-refractivity contribution in [2.24, 2.45) is 4.99 Å². The molecule has 3 rings (SSSR count). The summed E-state index contributed by atoms with van der Waals surface area (Å²) in [6, 6.07) is 9.75. The molecule has 0 atom stereocenters. The molecule has 0 fully saturated rings. The Morgan fingerprint density at radius 1 is 1.04 bits per heavy atom. The van der Waals surface area contributed by atoms with Crippen molar-refractivity contribution in [3.63, 3.8) is 0 Å². The molecule has 0 radical (unpaired) electrons. The normalized spacial score (nSPS) is 11.8. The quantitative estimate of drug-likeness (QED) is 0.647. The standard InChI is InChI=1S/C21H22N2O3S/c1-12-6-7-16(14(3)8-12)20(25)22-21-23(11-18(24)26-5)19-15(4)9-13(2)10-17(19)27-21/h6-10H,11H2,1-5H3. The molecular weight excluding hydrogens is 360 g/mol. The van der Waals surface area contributed by atoms with Crippen molar-refractivity contribution in [2.75, 3.05) is 7.11 Å². The number of hydrogen-bond donors (Lipinski definition) is 0. The maximum Gasteiger partial charge on any atom is 0.325 e. The number of ether oxygens (including phenoxy) is 1. The van der Waals surface area contributed by atoms with Crippen LogP contribution in [0.2, 0.25) is 0 Å². The van der Waals surface area contributed by atoms with Gasteiger partial charge in [-0.05, 0) is 56.5 Å². The van der Waals surface area contributed by atoms with Crippen LogP contribution in [0.1, 0.15) is 32.6 Å². The van der Waals surface area contributed by atoms with Crippen LogP contribution in [-0.4, -0.2) is 23.6 Å². The summed E-state index contributed by atoms with van der Waals surface area (Å²) in [5, 5.41) is 0. The number of thiazole rings is 1. The lowest BCUT2D eigenvalue weighted by Crippen LogP contribution is -2.23. The molecule has 0 aliphatic rings. The number of carbonyl (C=O) groups is 2. The Bertz CT molecular complexity index is 1120. The van der Waals surface area contributed by atoms with E-state index in [2.05, 4.69) is 11.1 Å². The minimum absolute atomic E-state index is 0.0133. The summed E-state index contributed by atoms with van der Waals surface area (Å²) < 4.78 is 7.59. The van der Waals surface area contributed by atoms with Crippen LogP contribution in [0.3, 0.4) is 0 Å². The maximum atomic E-state index is 12.8. The number of amides is 1. The first-order chi connectivity index (χ1) is 12.8. The SMILES string of the molecule is COC(=O)Cn1c(=NC(=O)c2ccc(C)cc2C)sc2cc(C)cc(C)c21. The highest BCUT2D eigenvalue weighted by Crippen LogP contribution is 2.23. The van der Waals surface area contributed by atoms with Gasteiger partial charge in [0.1, 0.15) is 6.54 Å². The van der Waals surface area contributed by atoms with E-state index in [-0.39, 0.29) is 18.4 Å². The maximum absolute atomic E-state index is 12.8. The van der Waals surface area contributed by atoms with Crippen molar-refractivity contribution in [2.45, 2.75) is 34.2 Å². The first kappa shape index (κ1) is 19.0. The number of aryl methyl sites for hydroxylation is 4. The van der Waals surface area contributed by atoms with Crippen LogP contribution in [-0.2, 0) is 16.1 Å². The summed E-state index contributed by atoms with van der Waals surface area (Å²) in [6.45, 7) is 7.91. The minimum atomic E-state index is -0.380. The average molecular weight is 382 g/mol. The third-order valence-electron chi connectivity index (χ3n) is 4.44. The molecule has 0 N–H and O–H groups in total. The average Bonchev–Trinajstić information content (AvgIpc) is 2.91. The van der Waals surface area contributed by atoms with Crippen LogP contribution in [0.4, 0.5) is 0 Å². The molecule has 0 spiro atoms. The van der Waals surface area contributed by atoms with Gasteiger partial charge in [-0.1, -0.05) is 35.1 Å². The zero-order valence-electron chi connectivity index (χ0n) is 16.1. The molecule has 0 saturated carbocycles. The number of nitrogens with zero attached hydrogens (tertiary/aromatic N) is 2. The molecule has 27 heavy (non-hydrogen) atoms. The second-order valence-electron chi connectivity index (χ2n) is 6.71. The van der Waals surface area contributed by atoms with E-state index in [1.165, 1.54) is 18.4 Å². The van der Waals surface area contributed by atoms with Crippen LogP contribution in [0, 0.1) is 27.7 Å². The van der Waals surface area contributed by atoms with E-state index >= 15 is 0 Å². The molecule has 1 heterocycles. The molecule has 3 aromatic rings. The highest BCUT2D eigenvalue weighted by atomic mass is 32.1. The van der Waals surface area contributed by atoms with Gasteiger partial charge in [-0.15, -0.1) is 0 Å². The van der Waals surface area contributed by atoms with Gasteiger partial charge in [0.2, 0.25) is 0 Å². The van der Waals surface area contributed by atoms with Crippen LogP contribution in [0.25, 0.3) is 10.2 Å². The number of fused-ring (bicyclic) bond motifs is 1. The van der Waals surface area contributed by atoms with E-state index in [4.69, 9.17) is 4.74 Å². The Morgan fingerprint density at radius 3 is 2.41 bits per heavy atom. The third-order valence-corrected chi connectivity index (χ3v) is 5.46. The van der Waals surface area contributed by atoms with E-state index in [1.807, 2.05) is 45.9 Å². The summed E-state index contributed by atoms with van der Waals surface area (Å²) in [5.74, 6) is -0.692. The van der Waals surface area contributed by atoms with Crippen molar-refractivity contribution in [1.82, 2.24) is 4.57 Å². The van der Waals surface area contributed by atoms with Gasteiger partial charge in [0.15, 0.2) is 4.80 Å². The number of methoxy groups -OCH3 is 1. The van der Waals surface area contributed by atoms with Gasteiger partial charge in [-0.25, -0.2) is 0 Å². The Kier molecular flexibility index (Phi) is 5.28. The molecule has 0 aliphatic carbocycles. The fourth-order valence-corrected chi connectivity index (χ4v) is 4.42. The molecule has 140 valence electrons. The lowest BCUT2D eigenvalue weighted by molar-refractivity contribution is -0.141. The molecule has 5 nitrogen and oxygen atoms in total. The smallest absolute Gasteiger partial charge is 0.325 e. The molecule has 1 aromatic heterocycles. The summed E-state index contributed by atoms with van der Waals surface area (Å²) >= 11 is 1.40. The second kappa shape index (κ2) is 7.48. The number of rotatable bonds is 3. The molecule has 1 amide bonds. The van der Waals surface area contributed by atoms with E-state index in [9.17, 15) is 9.59 Å². The molecular formula is C21H22N2O3S. The lowest BCUT2D eigenvalue weighted by atomic mass is 10.1. The fourth-order valence-electron chi connectivity index (χ4n) is 3.22. The van der Waals surface area contributed by atoms with Gasteiger partial charge in [-0.3, -0.25) is 9.59 Å². The first-order valence-corrected chi connectivity index (χ1v) is 9.45. The van der Waals surface area contributed by atoms with E-state index in [0.717, 1.165) is 32.5 Å². The van der Waals surface area contributed by atoms with Gasteiger partial charge in [0.05, 0.1) is 17.3 Å². The van der Waals surface area contributed by atoms with Crippen LogP contribution < -0.4 is 4.80 Å². The highest BCUT2D eigenvalue weighted by Gasteiger charge is 2.15. The van der Waals surface area contributed by atoms with Crippen LogP contribution in [0.15, 0.2) is 35.3 Å². The number of carbonyl (C=O) groups excluding carboxylic acids is 2. The summed E-state index contributed by atoms with van der Waals surface area (Å²) in [7, 11) is 1.35. The van der Waals surface area contributed by atoms with E-state index in [0.29, 0.717) is 10.4 Å². The predicted molar refractivity (Wildman–Crippen MR) is 107 cm³/mol. The van der Waals surface area contributed by atoms with Gasteiger partial charge in [0.25, 0.3) is 5.91 Å². The molecule has 0 aliphatic heterocycles. The van der Waals surface area contributed by atoms with E-state index < -0.39 is 0 Å². The topological polar surface area (TPSA) is 60.7 Å². The van der Waals surface area contributed by atoms with Gasteiger partial charge in [0, 0.05) is 5.56 Å².